The van der Waals surface area contributed by atoms with Crippen LogP contribution in [0.25, 0.3) is 0 Å². The van der Waals surface area contributed by atoms with Crippen LogP contribution in [0.4, 0.5) is 5.69 Å². The number of hydrogen-bond donors (Lipinski definition) is 1. The van der Waals surface area contributed by atoms with E-state index in [4.69, 9.17) is 4.74 Å². The summed E-state index contributed by atoms with van der Waals surface area (Å²) in [5, 5.41) is 0. The minimum absolute atomic E-state index is 0.0522. The molecule has 4 nitrogen and oxygen atoms in total. The van der Waals surface area contributed by atoms with E-state index < -0.39 is 10.0 Å². The summed E-state index contributed by atoms with van der Waals surface area (Å²) in [6, 6.07) is 5.00. The van der Waals surface area contributed by atoms with Gasteiger partial charge in [0.2, 0.25) is 10.0 Å². The van der Waals surface area contributed by atoms with E-state index in [-0.39, 0.29) is 5.75 Å². The third kappa shape index (κ3) is 3.39. The van der Waals surface area contributed by atoms with E-state index in [0.717, 1.165) is 0 Å². The molecule has 0 fully saturated rings. The third-order valence-electron chi connectivity index (χ3n) is 1.81. The van der Waals surface area contributed by atoms with E-state index in [9.17, 15) is 8.42 Å². The van der Waals surface area contributed by atoms with Crippen molar-refractivity contribution in [2.75, 3.05) is 17.6 Å². The number of ether oxygens (including phenoxy) is 1. The number of anilines is 1. The first kappa shape index (κ1) is 12.3. The van der Waals surface area contributed by atoms with Gasteiger partial charge in [0.25, 0.3) is 0 Å². The summed E-state index contributed by atoms with van der Waals surface area (Å²) in [4.78, 5) is 0. The summed E-state index contributed by atoms with van der Waals surface area (Å²) in [6.07, 6.45) is 0. The summed E-state index contributed by atoms with van der Waals surface area (Å²) >= 11 is 3.28. The highest BCUT2D eigenvalue weighted by Gasteiger charge is 2.08. The van der Waals surface area contributed by atoms with Crippen molar-refractivity contribution in [2.24, 2.45) is 0 Å². The van der Waals surface area contributed by atoms with E-state index >= 15 is 0 Å². The molecular weight excluding hydrogens is 282 g/mol. The largest absolute Gasteiger partial charge is 0.496 e. The van der Waals surface area contributed by atoms with Crippen LogP contribution in [0.3, 0.4) is 0 Å². The summed E-state index contributed by atoms with van der Waals surface area (Å²) in [6.45, 7) is 1.58. The molecule has 0 aliphatic rings. The van der Waals surface area contributed by atoms with Crippen molar-refractivity contribution >= 4 is 31.6 Å². The molecule has 0 spiro atoms. The first-order valence-corrected chi connectivity index (χ1v) is 6.77. The predicted octanol–water partition coefficient (Wildman–Crippen LogP) is 2.22. The first-order chi connectivity index (χ1) is 6.98. The Morgan fingerprint density at radius 1 is 1.47 bits per heavy atom. The minimum Gasteiger partial charge on any atom is -0.496 e. The van der Waals surface area contributed by atoms with Crippen molar-refractivity contribution in [2.45, 2.75) is 6.92 Å². The van der Waals surface area contributed by atoms with Crippen LogP contribution < -0.4 is 9.46 Å². The molecule has 84 valence electrons. The Balaban J connectivity index is 2.94. The van der Waals surface area contributed by atoms with E-state index in [2.05, 4.69) is 20.7 Å². The van der Waals surface area contributed by atoms with E-state index in [1.165, 1.54) is 0 Å². The Hall–Kier alpha value is -0.750. The second kappa shape index (κ2) is 4.85. The topological polar surface area (TPSA) is 55.4 Å². The van der Waals surface area contributed by atoms with Gasteiger partial charge in [0, 0.05) is 5.69 Å². The molecule has 0 aliphatic carbocycles. The van der Waals surface area contributed by atoms with Crippen molar-refractivity contribution in [3.63, 3.8) is 0 Å². The average Bonchev–Trinajstić information content (AvgIpc) is 2.17. The molecule has 1 aromatic carbocycles. The van der Waals surface area contributed by atoms with Gasteiger partial charge in [-0.25, -0.2) is 8.42 Å². The maximum atomic E-state index is 11.3. The quantitative estimate of drug-likeness (QED) is 0.926. The highest BCUT2D eigenvalue weighted by atomic mass is 79.9. The van der Waals surface area contributed by atoms with Crippen LogP contribution >= 0.6 is 15.9 Å². The molecule has 0 amide bonds. The number of methoxy groups -OCH3 is 1. The highest BCUT2D eigenvalue weighted by Crippen LogP contribution is 2.28. The molecule has 0 saturated carbocycles. The number of sulfonamides is 1. The monoisotopic (exact) mass is 293 g/mol. The molecular formula is C9H12BrNO3S. The lowest BCUT2D eigenvalue weighted by Gasteiger charge is -2.08. The van der Waals surface area contributed by atoms with Gasteiger partial charge in [0.05, 0.1) is 17.3 Å². The van der Waals surface area contributed by atoms with Crippen molar-refractivity contribution < 1.29 is 13.2 Å². The molecule has 0 saturated heterocycles. The fraction of sp³-hybridized carbons (Fsp3) is 0.333. The molecule has 1 N–H and O–H groups in total. The van der Waals surface area contributed by atoms with Gasteiger partial charge < -0.3 is 4.74 Å². The van der Waals surface area contributed by atoms with Gasteiger partial charge in [-0.15, -0.1) is 0 Å². The van der Waals surface area contributed by atoms with Crippen LogP contribution in [0.2, 0.25) is 0 Å². The molecule has 0 atom stereocenters. The minimum atomic E-state index is -3.22. The van der Waals surface area contributed by atoms with E-state index in [0.29, 0.717) is 15.9 Å². The van der Waals surface area contributed by atoms with Crippen molar-refractivity contribution in [3.05, 3.63) is 22.7 Å². The Morgan fingerprint density at radius 3 is 2.60 bits per heavy atom. The lowest BCUT2D eigenvalue weighted by Crippen LogP contribution is -2.14. The summed E-state index contributed by atoms with van der Waals surface area (Å²) in [5.74, 6) is 0.714. The van der Waals surface area contributed by atoms with Gasteiger partial charge in [-0.3, -0.25) is 4.72 Å². The summed E-state index contributed by atoms with van der Waals surface area (Å²) in [7, 11) is -1.67. The van der Waals surface area contributed by atoms with E-state index in [1.807, 2.05) is 0 Å². The van der Waals surface area contributed by atoms with Crippen LogP contribution in [0.5, 0.6) is 5.75 Å². The second-order valence-corrected chi connectivity index (χ2v) is 5.72. The molecule has 1 aromatic rings. The van der Waals surface area contributed by atoms with Crippen molar-refractivity contribution in [1.82, 2.24) is 0 Å². The highest BCUT2D eigenvalue weighted by molar-refractivity contribution is 9.10. The number of hydrogen-bond acceptors (Lipinski definition) is 3. The Labute approximate surface area is 97.8 Å². The zero-order chi connectivity index (χ0) is 11.5. The molecule has 15 heavy (non-hydrogen) atoms. The summed E-state index contributed by atoms with van der Waals surface area (Å²) < 4.78 is 30.7. The van der Waals surface area contributed by atoms with Crippen LogP contribution in [-0.4, -0.2) is 21.3 Å². The fourth-order valence-electron chi connectivity index (χ4n) is 0.982. The Bertz CT molecular complexity index is 445. The van der Waals surface area contributed by atoms with Crippen molar-refractivity contribution in [3.8, 4) is 5.75 Å². The molecule has 0 aromatic heterocycles. The number of rotatable bonds is 4. The number of nitrogens with one attached hydrogen (secondary N) is 1. The van der Waals surface area contributed by atoms with E-state index in [1.54, 1.807) is 32.2 Å². The second-order valence-electron chi connectivity index (χ2n) is 2.85. The molecule has 0 radical (unpaired) electrons. The smallest absolute Gasteiger partial charge is 0.232 e. The van der Waals surface area contributed by atoms with Gasteiger partial charge in [0.1, 0.15) is 5.75 Å². The van der Waals surface area contributed by atoms with Crippen LogP contribution in [0, 0.1) is 0 Å². The average molecular weight is 294 g/mol. The normalized spacial score (nSPS) is 11.1. The van der Waals surface area contributed by atoms with Crippen molar-refractivity contribution in [1.29, 1.82) is 0 Å². The van der Waals surface area contributed by atoms with Gasteiger partial charge in [0.15, 0.2) is 0 Å². The van der Waals surface area contributed by atoms with Gasteiger partial charge in [-0.05, 0) is 41.1 Å². The standard InChI is InChI=1S/C9H12BrNO3S/c1-3-15(12,13)11-7-4-5-9(14-2)8(10)6-7/h4-6,11H,3H2,1-2H3. The zero-order valence-electron chi connectivity index (χ0n) is 8.45. The maximum Gasteiger partial charge on any atom is 0.232 e. The lowest BCUT2D eigenvalue weighted by atomic mass is 10.3. The van der Waals surface area contributed by atoms with Crippen LogP contribution in [-0.2, 0) is 10.0 Å². The van der Waals surface area contributed by atoms with Gasteiger partial charge in [-0.1, -0.05) is 0 Å². The third-order valence-corrected chi connectivity index (χ3v) is 3.73. The number of benzene rings is 1. The zero-order valence-corrected chi connectivity index (χ0v) is 10.9. The molecule has 0 heterocycles. The molecule has 6 heteroatoms. The molecule has 0 bridgehead atoms. The van der Waals surface area contributed by atoms with Gasteiger partial charge >= 0.3 is 0 Å². The van der Waals surface area contributed by atoms with Crippen LogP contribution in [0.15, 0.2) is 22.7 Å². The first-order valence-electron chi connectivity index (χ1n) is 4.32. The number of halogens is 1. The van der Waals surface area contributed by atoms with Crippen LogP contribution in [0.1, 0.15) is 6.92 Å². The molecule has 1 rings (SSSR count). The Kier molecular flexibility index (Phi) is 3.98. The summed E-state index contributed by atoms with van der Waals surface area (Å²) in [5.41, 5.74) is 0.518. The predicted molar refractivity (Wildman–Crippen MR) is 63.8 cm³/mol. The fourth-order valence-corrected chi connectivity index (χ4v) is 2.15. The van der Waals surface area contributed by atoms with Gasteiger partial charge in [-0.2, -0.15) is 0 Å². The molecule has 0 aliphatic heterocycles. The Morgan fingerprint density at radius 2 is 2.13 bits per heavy atom. The lowest BCUT2D eigenvalue weighted by molar-refractivity contribution is 0.412. The maximum absolute atomic E-state index is 11.3. The SMILES string of the molecule is CCS(=O)(=O)Nc1ccc(OC)c(Br)c1. The molecule has 0 unspecified atom stereocenters.